The van der Waals surface area contributed by atoms with Crippen molar-refractivity contribution in [3.8, 4) is 0 Å². The molecule has 0 aromatic carbocycles. The zero-order valence-electron chi connectivity index (χ0n) is 15.6. The van der Waals surface area contributed by atoms with Crippen LogP contribution in [0, 0.1) is 5.92 Å². The summed E-state index contributed by atoms with van der Waals surface area (Å²) in [5.41, 5.74) is 0.319. The lowest BCUT2D eigenvalue weighted by atomic mass is 9.88. The summed E-state index contributed by atoms with van der Waals surface area (Å²) in [6, 6.07) is -0.0527. The lowest BCUT2D eigenvalue weighted by Gasteiger charge is -2.31. The number of carbonyl (C=O) groups is 2. The average molecular weight is 337 g/mol. The first-order valence-electron chi connectivity index (χ1n) is 9.09. The Hall–Kier alpha value is -1.85. The topological polar surface area (TPSA) is 75.3 Å². The summed E-state index contributed by atoms with van der Waals surface area (Å²) in [6.45, 7) is 9.93. The van der Waals surface area contributed by atoms with Crippen LogP contribution in [0.5, 0.6) is 0 Å². The fourth-order valence-electron chi connectivity index (χ4n) is 2.99. The first-order chi connectivity index (χ1) is 11.6. The van der Waals surface area contributed by atoms with E-state index in [0.29, 0.717) is 18.0 Å². The van der Waals surface area contributed by atoms with E-state index in [9.17, 15) is 9.59 Å². The van der Waals surface area contributed by atoms with Crippen molar-refractivity contribution >= 4 is 17.7 Å². The molecule has 2 rings (SSSR count). The molecule has 1 fully saturated rings. The van der Waals surface area contributed by atoms with Gasteiger partial charge >= 0.3 is 5.97 Å². The highest BCUT2D eigenvalue weighted by molar-refractivity contribution is 6.02. The van der Waals surface area contributed by atoms with Gasteiger partial charge in [0.2, 0.25) is 5.91 Å². The minimum atomic E-state index is -0.451. The van der Waals surface area contributed by atoms with E-state index in [2.05, 4.69) is 10.2 Å². The van der Waals surface area contributed by atoms with Gasteiger partial charge in [-0.05, 0) is 33.6 Å². The molecule has 1 aromatic heterocycles. The molecule has 136 valence electrons. The van der Waals surface area contributed by atoms with Crippen LogP contribution < -0.4 is 4.90 Å². The largest absolute Gasteiger partial charge is 0.462 e. The van der Waals surface area contributed by atoms with E-state index in [-0.39, 0.29) is 17.9 Å². The molecule has 6 nitrogen and oxygen atoms in total. The summed E-state index contributed by atoms with van der Waals surface area (Å²) >= 11 is 0. The summed E-state index contributed by atoms with van der Waals surface area (Å²) in [4.78, 5) is 26.6. The number of rotatable bonds is 5. The van der Waals surface area contributed by atoms with E-state index in [1.807, 2.05) is 27.7 Å². The fourth-order valence-corrected chi connectivity index (χ4v) is 2.99. The Morgan fingerprint density at radius 1 is 1.29 bits per heavy atom. The van der Waals surface area contributed by atoms with E-state index in [0.717, 1.165) is 25.7 Å². The van der Waals surface area contributed by atoms with Gasteiger partial charge in [0.1, 0.15) is 11.4 Å². The highest BCUT2D eigenvalue weighted by atomic mass is 16.5. The molecule has 0 aliphatic heterocycles. The van der Waals surface area contributed by atoms with E-state index >= 15 is 0 Å². The first kappa shape index (κ1) is 20.2. The van der Waals surface area contributed by atoms with E-state index < -0.39 is 5.97 Å². The lowest BCUT2D eigenvalue weighted by Crippen LogP contribution is -2.42. The third-order valence-electron chi connectivity index (χ3n) is 4.06. The molecule has 1 aromatic rings. The molecule has 0 bridgehead atoms. The van der Waals surface area contributed by atoms with Gasteiger partial charge in [-0.15, -0.1) is 0 Å². The highest BCUT2D eigenvalue weighted by Gasteiger charge is 2.32. The summed E-state index contributed by atoms with van der Waals surface area (Å²) in [7, 11) is 0. The zero-order valence-corrected chi connectivity index (χ0v) is 15.6. The van der Waals surface area contributed by atoms with Crippen LogP contribution in [0.15, 0.2) is 6.20 Å². The van der Waals surface area contributed by atoms with Crippen molar-refractivity contribution in [2.45, 2.75) is 72.8 Å². The van der Waals surface area contributed by atoms with Crippen LogP contribution in [0.1, 0.15) is 77.1 Å². The number of ether oxygens (including phenoxy) is 1. The number of amides is 1. The summed E-state index contributed by atoms with van der Waals surface area (Å²) in [5.74, 6) is 0.108. The molecule has 0 radical (unpaired) electrons. The maximum absolute atomic E-state index is 12.9. The number of carbonyl (C=O) groups excluding carboxylic acids is 2. The normalized spacial score (nSPS) is 14.8. The molecule has 0 unspecified atom stereocenters. The zero-order chi connectivity index (χ0) is 18.1. The maximum atomic E-state index is 12.9. The number of anilines is 1. The number of aromatic nitrogens is 2. The standard InChI is InChI=1S/C16H25N3O3.C2H6/c1-4-22-16(21)13-10-17-18-14(13)19(11(2)3)15(20)12-8-6-5-7-9-12;1-2/h10-12H,4-9H2,1-3H3,(H,17,18);1-2H3. The Bertz CT molecular complexity index is 519. The molecule has 1 saturated carbocycles. The smallest absolute Gasteiger partial charge is 0.343 e. The van der Waals surface area contributed by atoms with Crippen LogP contribution in [0.25, 0.3) is 0 Å². The molecule has 1 heterocycles. The monoisotopic (exact) mass is 337 g/mol. The predicted octanol–water partition coefficient (Wildman–Crippen LogP) is 3.93. The van der Waals surface area contributed by atoms with Crippen LogP contribution in [0.4, 0.5) is 5.82 Å². The number of esters is 1. The van der Waals surface area contributed by atoms with Crippen molar-refractivity contribution in [3.05, 3.63) is 11.8 Å². The van der Waals surface area contributed by atoms with Crippen molar-refractivity contribution in [1.29, 1.82) is 0 Å². The van der Waals surface area contributed by atoms with Crippen LogP contribution in [0.3, 0.4) is 0 Å². The molecule has 0 saturated heterocycles. The molecule has 0 spiro atoms. The van der Waals surface area contributed by atoms with Crippen LogP contribution in [-0.2, 0) is 9.53 Å². The second-order valence-electron chi connectivity index (χ2n) is 5.99. The van der Waals surface area contributed by atoms with Gasteiger partial charge in [0.25, 0.3) is 0 Å². The Labute approximate surface area is 144 Å². The quantitative estimate of drug-likeness (QED) is 0.826. The van der Waals surface area contributed by atoms with Gasteiger partial charge in [0.15, 0.2) is 0 Å². The number of aromatic amines is 1. The van der Waals surface area contributed by atoms with Crippen LogP contribution >= 0.6 is 0 Å². The number of nitrogens with zero attached hydrogens (tertiary/aromatic N) is 2. The summed E-state index contributed by atoms with van der Waals surface area (Å²) < 4.78 is 5.05. The number of H-pyrrole nitrogens is 1. The molecule has 1 amide bonds. The molecular formula is C18H31N3O3. The van der Waals surface area contributed by atoms with Gasteiger partial charge in [-0.2, -0.15) is 5.10 Å². The second kappa shape index (κ2) is 10.1. The van der Waals surface area contributed by atoms with E-state index in [4.69, 9.17) is 4.74 Å². The van der Waals surface area contributed by atoms with Crippen molar-refractivity contribution in [3.63, 3.8) is 0 Å². The molecule has 1 aliphatic carbocycles. The van der Waals surface area contributed by atoms with Crippen molar-refractivity contribution in [1.82, 2.24) is 10.2 Å². The summed E-state index contributed by atoms with van der Waals surface area (Å²) in [6.07, 6.45) is 6.66. The third kappa shape index (κ3) is 4.82. The summed E-state index contributed by atoms with van der Waals surface area (Å²) in [5, 5.41) is 6.74. The van der Waals surface area contributed by atoms with Gasteiger partial charge in [-0.1, -0.05) is 33.1 Å². The lowest BCUT2D eigenvalue weighted by molar-refractivity contribution is -0.123. The van der Waals surface area contributed by atoms with Crippen LogP contribution in [-0.4, -0.2) is 34.7 Å². The van der Waals surface area contributed by atoms with Gasteiger partial charge in [0, 0.05) is 12.0 Å². The van der Waals surface area contributed by atoms with Crippen LogP contribution in [0.2, 0.25) is 0 Å². The SMILES string of the molecule is CC.CCOC(=O)c1cn[nH]c1N(C(=O)C1CCCCC1)C(C)C. The van der Waals surface area contributed by atoms with Gasteiger partial charge < -0.3 is 4.74 Å². The first-order valence-corrected chi connectivity index (χ1v) is 9.09. The Morgan fingerprint density at radius 3 is 2.46 bits per heavy atom. The molecule has 1 aliphatic rings. The molecular weight excluding hydrogens is 306 g/mol. The van der Waals surface area contributed by atoms with Crippen molar-refractivity contribution < 1.29 is 14.3 Å². The highest BCUT2D eigenvalue weighted by Crippen LogP contribution is 2.29. The second-order valence-corrected chi connectivity index (χ2v) is 5.99. The maximum Gasteiger partial charge on any atom is 0.343 e. The average Bonchev–Trinajstić information content (AvgIpc) is 3.07. The van der Waals surface area contributed by atoms with Crippen molar-refractivity contribution in [2.75, 3.05) is 11.5 Å². The van der Waals surface area contributed by atoms with Gasteiger partial charge in [0.05, 0.1) is 12.8 Å². The number of hydrogen-bond donors (Lipinski definition) is 1. The number of hydrogen-bond acceptors (Lipinski definition) is 4. The van der Waals surface area contributed by atoms with Gasteiger partial charge in [-0.3, -0.25) is 14.8 Å². The molecule has 0 atom stereocenters. The predicted molar refractivity (Wildman–Crippen MR) is 95.1 cm³/mol. The van der Waals surface area contributed by atoms with E-state index in [1.165, 1.54) is 12.6 Å². The van der Waals surface area contributed by atoms with Crippen molar-refractivity contribution in [2.24, 2.45) is 5.92 Å². The Morgan fingerprint density at radius 2 is 1.92 bits per heavy atom. The minimum absolute atomic E-state index is 0.0366. The Balaban J connectivity index is 0.00000139. The third-order valence-corrected chi connectivity index (χ3v) is 4.06. The minimum Gasteiger partial charge on any atom is -0.462 e. The fraction of sp³-hybridized carbons (Fsp3) is 0.722. The molecule has 1 N–H and O–H groups in total. The molecule has 24 heavy (non-hydrogen) atoms. The van der Waals surface area contributed by atoms with Gasteiger partial charge in [-0.25, -0.2) is 4.79 Å². The Kier molecular flexibility index (Phi) is 8.50. The number of nitrogens with one attached hydrogen (secondary N) is 1. The van der Waals surface area contributed by atoms with E-state index in [1.54, 1.807) is 11.8 Å². The molecule has 6 heteroatoms.